The van der Waals surface area contributed by atoms with E-state index in [1.807, 2.05) is 0 Å². The first-order valence-electron chi connectivity index (χ1n) is 6.03. The van der Waals surface area contributed by atoms with Gasteiger partial charge in [-0.3, -0.25) is 0 Å². The Hall–Kier alpha value is -1.52. The van der Waals surface area contributed by atoms with Gasteiger partial charge in [-0.2, -0.15) is 0 Å². The third kappa shape index (κ3) is 2.53. The van der Waals surface area contributed by atoms with Crippen molar-refractivity contribution in [3.8, 4) is 0 Å². The van der Waals surface area contributed by atoms with Gasteiger partial charge in [-0.15, -0.1) is 0 Å². The molecule has 20 heavy (non-hydrogen) atoms. The Morgan fingerprint density at radius 2 is 1.75 bits per heavy atom. The maximum absolute atomic E-state index is 14.2. The summed E-state index contributed by atoms with van der Waals surface area (Å²) >= 11 is 5.72. The van der Waals surface area contributed by atoms with Crippen molar-refractivity contribution in [1.29, 1.82) is 0 Å². The molecule has 1 atom stereocenters. The fourth-order valence-electron chi connectivity index (χ4n) is 2.14. The molecular formula is C15H13ClF3N. The van der Waals surface area contributed by atoms with E-state index in [1.54, 1.807) is 0 Å². The number of halogens is 4. The highest BCUT2D eigenvalue weighted by molar-refractivity contribution is 6.30. The molecule has 1 unspecified atom stereocenters. The van der Waals surface area contributed by atoms with Crippen molar-refractivity contribution < 1.29 is 13.2 Å². The van der Waals surface area contributed by atoms with E-state index in [0.717, 1.165) is 0 Å². The molecule has 5 heteroatoms. The van der Waals surface area contributed by atoms with Crippen LogP contribution in [0.4, 0.5) is 13.2 Å². The molecule has 0 amide bonds. The summed E-state index contributed by atoms with van der Waals surface area (Å²) in [6, 6.07) is 5.93. The number of rotatable bonds is 3. The molecular weight excluding hydrogens is 287 g/mol. The Kier molecular flexibility index (Phi) is 4.35. The fourth-order valence-corrected chi connectivity index (χ4v) is 2.32. The molecule has 0 saturated heterocycles. The van der Waals surface area contributed by atoms with E-state index in [0.29, 0.717) is 5.56 Å². The molecule has 0 spiro atoms. The average molecular weight is 300 g/mol. The van der Waals surface area contributed by atoms with Crippen molar-refractivity contribution in [3.63, 3.8) is 0 Å². The van der Waals surface area contributed by atoms with Crippen LogP contribution >= 0.6 is 11.6 Å². The van der Waals surface area contributed by atoms with E-state index in [1.165, 1.54) is 44.3 Å². The number of hydrogen-bond donors (Lipinski definition) is 1. The molecule has 2 aromatic carbocycles. The van der Waals surface area contributed by atoms with Crippen molar-refractivity contribution in [1.82, 2.24) is 5.32 Å². The average Bonchev–Trinajstić information content (AvgIpc) is 2.43. The summed E-state index contributed by atoms with van der Waals surface area (Å²) in [6.45, 7) is 1.53. The lowest BCUT2D eigenvalue weighted by atomic mass is 9.95. The largest absolute Gasteiger partial charge is 0.309 e. The second kappa shape index (κ2) is 5.85. The molecule has 2 rings (SSSR count). The zero-order valence-electron chi connectivity index (χ0n) is 11.0. The number of benzene rings is 2. The van der Waals surface area contributed by atoms with Crippen LogP contribution in [0, 0.1) is 24.4 Å². The van der Waals surface area contributed by atoms with Gasteiger partial charge in [0.05, 0.1) is 11.1 Å². The van der Waals surface area contributed by atoms with Gasteiger partial charge in [-0.05, 0) is 31.7 Å². The second-order valence-corrected chi connectivity index (χ2v) is 4.86. The van der Waals surface area contributed by atoms with Crippen molar-refractivity contribution in [2.45, 2.75) is 13.0 Å². The maximum atomic E-state index is 14.2. The quantitative estimate of drug-likeness (QED) is 0.887. The molecule has 0 heterocycles. The van der Waals surface area contributed by atoms with Crippen molar-refractivity contribution in [3.05, 3.63) is 69.5 Å². The Labute approximate surface area is 120 Å². The standard InChI is InChI=1S/C15H13ClF3N/c1-8-6-7-11(17)12(13(8)18)15(20-2)9-4-3-5-10(16)14(9)19/h3-7,15,20H,1-2H3. The third-order valence-corrected chi connectivity index (χ3v) is 3.48. The van der Waals surface area contributed by atoms with Gasteiger partial charge in [0, 0.05) is 11.1 Å². The molecule has 0 aromatic heterocycles. The summed E-state index contributed by atoms with van der Waals surface area (Å²) in [4.78, 5) is 0. The SMILES string of the molecule is CNC(c1cccc(Cl)c1F)c1c(F)ccc(C)c1F. The fraction of sp³-hybridized carbons (Fsp3) is 0.200. The van der Waals surface area contributed by atoms with Crippen LogP contribution in [-0.2, 0) is 0 Å². The highest BCUT2D eigenvalue weighted by Crippen LogP contribution is 2.31. The molecule has 0 aliphatic heterocycles. The highest BCUT2D eigenvalue weighted by Gasteiger charge is 2.25. The van der Waals surface area contributed by atoms with Gasteiger partial charge in [0.25, 0.3) is 0 Å². The summed E-state index contributed by atoms with van der Waals surface area (Å²) in [5.74, 6) is -2.11. The lowest BCUT2D eigenvalue weighted by Crippen LogP contribution is -2.22. The van der Waals surface area contributed by atoms with Gasteiger partial charge in [-0.25, -0.2) is 13.2 Å². The summed E-state index contributed by atoms with van der Waals surface area (Å²) in [6.07, 6.45) is 0. The van der Waals surface area contributed by atoms with Gasteiger partial charge in [-0.1, -0.05) is 29.8 Å². The van der Waals surface area contributed by atoms with E-state index >= 15 is 0 Å². The Morgan fingerprint density at radius 3 is 2.40 bits per heavy atom. The van der Waals surface area contributed by atoms with Crippen LogP contribution in [0.2, 0.25) is 5.02 Å². The lowest BCUT2D eigenvalue weighted by Gasteiger charge is -2.20. The van der Waals surface area contributed by atoms with E-state index in [4.69, 9.17) is 11.6 Å². The molecule has 1 N–H and O–H groups in total. The number of hydrogen-bond acceptors (Lipinski definition) is 1. The summed E-state index contributed by atoms with van der Waals surface area (Å²) < 4.78 is 42.2. The van der Waals surface area contributed by atoms with E-state index in [-0.39, 0.29) is 16.1 Å². The minimum atomic E-state index is -0.950. The molecule has 1 nitrogen and oxygen atoms in total. The van der Waals surface area contributed by atoms with Crippen molar-refractivity contribution >= 4 is 11.6 Å². The van der Waals surface area contributed by atoms with E-state index in [2.05, 4.69) is 5.32 Å². The van der Waals surface area contributed by atoms with Gasteiger partial charge >= 0.3 is 0 Å². The van der Waals surface area contributed by atoms with Crippen LogP contribution in [0.3, 0.4) is 0 Å². The zero-order valence-corrected chi connectivity index (χ0v) is 11.7. The first-order chi connectivity index (χ1) is 9.47. The Bertz CT molecular complexity index is 643. The first-order valence-corrected chi connectivity index (χ1v) is 6.40. The van der Waals surface area contributed by atoms with E-state index < -0.39 is 23.5 Å². The third-order valence-electron chi connectivity index (χ3n) is 3.19. The van der Waals surface area contributed by atoms with Crippen LogP contribution in [0.25, 0.3) is 0 Å². The number of aryl methyl sites for hydroxylation is 1. The monoisotopic (exact) mass is 299 g/mol. The summed E-state index contributed by atoms with van der Waals surface area (Å²) in [7, 11) is 1.51. The Balaban J connectivity index is 2.65. The molecule has 0 aliphatic rings. The molecule has 106 valence electrons. The molecule has 2 aromatic rings. The molecule has 0 aliphatic carbocycles. The lowest BCUT2D eigenvalue weighted by molar-refractivity contribution is 0.504. The predicted octanol–water partition coefficient (Wildman–Crippen LogP) is 4.37. The number of nitrogens with one attached hydrogen (secondary N) is 1. The molecule has 0 radical (unpaired) electrons. The van der Waals surface area contributed by atoms with Crippen LogP contribution in [0.1, 0.15) is 22.7 Å². The first kappa shape index (κ1) is 14.9. The van der Waals surface area contributed by atoms with Gasteiger partial charge < -0.3 is 5.32 Å². The van der Waals surface area contributed by atoms with Crippen molar-refractivity contribution in [2.24, 2.45) is 0 Å². The molecule has 0 fully saturated rings. The minimum Gasteiger partial charge on any atom is -0.309 e. The minimum absolute atomic E-state index is 0.0868. The van der Waals surface area contributed by atoms with Crippen molar-refractivity contribution in [2.75, 3.05) is 7.05 Å². The van der Waals surface area contributed by atoms with Crippen LogP contribution in [-0.4, -0.2) is 7.05 Å². The smallest absolute Gasteiger partial charge is 0.146 e. The predicted molar refractivity (Wildman–Crippen MR) is 73.4 cm³/mol. The van der Waals surface area contributed by atoms with Crippen LogP contribution in [0.15, 0.2) is 30.3 Å². The topological polar surface area (TPSA) is 12.0 Å². The normalized spacial score (nSPS) is 12.5. The van der Waals surface area contributed by atoms with Crippen LogP contribution in [0.5, 0.6) is 0 Å². The molecule has 0 bridgehead atoms. The molecule has 0 saturated carbocycles. The summed E-state index contributed by atoms with van der Waals surface area (Å²) in [5.41, 5.74) is 0.182. The zero-order chi connectivity index (χ0) is 14.9. The van der Waals surface area contributed by atoms with Crippen LogP contribution < -0.4 is 5.32 Å². The Morgan fingerprint density at radius 1 is 1.05 bits per heavy atom. The van der Waals surface area contributed by atoms with Gasteiger partial charge in [0.1, 0.15) is 17.5 Å². The second-order valence-electron chi connectivity index (χ2n) is 4.46. The maximum Gasteiger partial charge on any atom is 0.146 e. The summed E-state index contributed by atoms with van der Waals surface area (Å²) in [5, 5.41) is 2.65. The van der Waals surface area contributed by atoms with E-state index in [9.17, 15) is 13.2 Å². The van der Waals surface area contributed by atoms with Gasteiger partial charge in [0.2, 0.25) is 0 Å². The highest BCUT2D eigenvalue weighted by atomic mass is 35.5. The van der Waals surface area contributed by atoms with Gasteiger partial charge in [0.15, 0.2) is 0 Å².